The average Bonchev–Trinajstić information content (AvgIpc) is 2.06. The second-order valence-corrected chi connectivity index (χ2v) is 3.45. The number of benzene rings is 1. The quantitative estimate of drug-likeness (QED) is 0.662. The van der Waals surface area contributed by atoms with Gasteiger partial charge in [-0.15, -0.1) is 0 Å². The predicted octanol–water partition coefficient (Wildman–Crippen LogP) is 2.84. The minimum absolute atomic E-state index is 0.262. The number of nitrogens with zero attached hydrogens (tertiary/aromatic N) is 2. The van der Waals surface area contributed by atoms with Gasteiger partial charge in [0, 0.05) is 11.1 Å². The van der Waals surface area contributed by atoms with Crippen LogP contribution in [0.15, 0.2) is 22.9 Å². The molecule has 2 nitrogen and oxygen atoms in total. The van der Waals surface area contributed by atoms with Crippen LogP contribution in [0.4, 0.5) is 4.39 Å². The topological polar surface area (TPSA) is 25.8 Å². The van der Waals surface area contributed by atoms with Crippen molar-refractivity contribution in [1.29, 1.82) is 0 Å². The molecular weight excluding hydrogens is 235 g/mol. The molecule has 0 amide bonds. The Bertz CT molecular complexity index is 470. The third-order valence-corrected chi connectivity index (χ3v) is 2.18. The maximum atomic E-state index is 12.8. The highest BCUT2D eigenvalue weighted by molar-refractivity contribution is 9.10. The molecule has 0 N–H and O–H groups in total. The third-order valence-electron chi connectivity index (χ3n) is 1.82. The second-order valence-electron chi connectivity index (χ2n) is 2.74. The van der Waals surface area contributed by atoms with Gasteiger partial charge in [-0.3, -0.25) is 0 Å². The second kappa shape index (κ2) is 3.03. The van der Waals surface area contributed by atoms with E-state index in [1.807, 2.05) is 6.92 Å². The van der Waals surface area contributed by atoms with Crippen LogP contribution in [0.1, 0.15) is 5.69 Å². The first-order valence-electron chi connectivity index (χ1n) is 3.76. The maximum Gasteiger partial charge on any atom is 0.197 e. The Labute approximate surface area is 83.0 Å². The van der Waals surface area contributed by atoms with Gasteiger partial charge in [-0.2, -0.15) is 0 Å². The summed E-state index contributed by atoms with van der Waals surface area (Å²) in [6.07, 6.45) is 0. The van der Waals surface area contributed by atoms with Crippen molar-refractivity contribution < 1.29 is 4.39 Å². The number of aryl methyl sites for hydroxylation is 1. The van der Waals surface area contributed by atoms with Crippen LogP contribution in [0.5, 0.6) is 0 Å². The average molecular weight is 241 g/mol. The van der Waals surface area contributed by atoms with Crippen molar-refractivity contribution in [2.75, 3.05) is 0 Å². The van der Waals surface area contributed by atoms with Crippen LogP contribution >= 0.6 is 15.9 Å². The summed E-state index contributed by atoms with van der Waals surface area (Å²) in [5, 5.41) is 0.753. The summed E-state index contributed by atoms with van der Waals surface area (Å²) in [4.78, 5) is 8.20. The van der Waals surface area contributed by atoms with E-state index in [0.29, 0.717) is 4.73 Å². The molecule has 13 heavy (non-hydrogen) atoms. The summed E-state index contributed by atoms with van der Waals surface area (Å²) in [7, 11) is 0. The van der Waals surface area contributed by atoms with Crippen molar-refractivity contribution in [2.45, 2.75) is 6.92 Å². The van der Waals surface area contributed by atoms with E-state index in [2.05, 4.69) is 25.9 Å². The number of aromatic nitrogens is 2. The zero-order valence-corrected chi connectivity index (χ0v) is 8.47. The Hall–Kier alpha value is -1.03. The normalized spacial score (nSPS) is 10.7. The lowest BCUT2D eigenvalue weighted by Gasteiger charge is -2.00. The number of hydrogen-bond donors (Lipinski definition) is 0. The summed E-state index contributed by atoms with van der Waals surface area (Å²) < 4.78 is 13.4. The molecular formula is C9H6BrFN2. The highest BCUT2D eigenvalue weighted by Gasteiger charge is 2.02. The van der Waals surface area contributed by atoms with Gasteiger partial charge in [-0.25, -0.2) is 14.4 Å². The van der Waals surface area contributed by atoms with Crippen LogP contribution in [0, 0.1) is 12.7 Å². The standard InChI is InChI=1S/C9H6BrFN2/c1-5-7-4-6(11)2-3-8(7)13-9(10)12-5/h2-4H,1H3. The van der Waals surface area contributed by atoms with E-state index in [-0.39, 0.29) is 5.82 Å². The van der Waals surface area contributed by atoms with Crippen LogP contribution in [0.2, 0.25) is 0 Å². The molecule has 66 valence electrons. The van der Waals surface area contributed by atoms with Crippen LogP contribution in [-0.2, 0) is 0 Å². The predicted molar refractivity (Wildman–Crippen MR) is 51.9 cm³/mol. The van der Waals surface area contributed by atoms with E-state index < -0.39 is 0 Å². The van der Waals surface area contributed by atoms with Crippen LogP contribution in [-0.4, -0.2) is 9.97 Å². The summed E-state index contributed by atoms with van der Waals surface area (Å²) in [6, 6.07) is 4.47. The molecule has 0 bridgehead atoms. The molecule has 1 aromatic carbocycles. The Morgan fingerprint density at radius 3 is 2.85 bits per heavy atom. The Morgan fingerprint density at radius 1 is 1.31 bits per heavy atom. The van der Waals surface area contributed by atoms with Gasteiger partial charge < -0.3 is 0 Å². The highest BCUT2D eigenvalue weighted by Crippen LogP contribution is 2.18. The molecule has 0 fully saturated rings. The number of hydrogen-bond acceptors (Lipinski definition) is 2. The smallest absolute Gasteiger partial charge is 0.197 e. The first-order chi connectivity index (χ1) is 6.16. The molecule has 0 atom stereocenters. The molecule has 1 aromatic heterocycles. The zero-order chi connectivity index (χ0) is 9.42. The molecule has 4 heteroatoms. The Morgan fingerprint density at radius 2 is 2.08 bits per heavy atom. The summed E-state index contributed by atoms with van der Waals surface area (Å²) in [5.41, 5.74) is 1.53. The van der Waals surface area contributed by atoms with Gasteiger partial charge in [0.05, 0.1) is 5.52 Å². The number of fused-ring (bicyclic) bond motifs is 1. The van der Waals surface area contributed by atoms with Gasteiger partial charge in [0.15, 0.2) is 4.73 Å². The minimum Gasteiger partial charge on any atom is -0.227 e. The Balaban J connectivity index is 2.87. The molecule has 0 radical (unpaired) electrons. The third kappa shape index (κ3) is 1.54. The molecule has 0 spiro atoms. The van der Waals surface area contributed by atoms with Gasteiger partial charge in [0.25, 0.3) is 0 Å². The van der Waals surface area contributed by atoms with Crippen molar-refractivity contribution in [3.8, 4) is 0 Å². The molecule has 0 saturated heterocycles. The fourth-order valence-corrected chi connectivity index (χ4v) is 1.68. The first-order valence-corrected chi connectivity index (χ1v) is 4.55. The van der Waals surface area contributed by atoms with E-state index in [4.69, 9.17) is 0 Å². The molecule has 0 unspecified atom stereocenters. The van der Waals surface area contributed by atoms with Crippen molar-refractivity contribution >= 4 is 26.8 Å². The van der Waals surface area contributed by atoms with Crippen molar-refractivity contribution in [3.05, 3.63) is 34.4 Å². The molecule has 0 saturated carbocycles. The maximum absolute atomic E-state index is 12.8. The van der Waals surface area contributed by atoms with Crippen LogP contribution < -0.4 is 0 Å². The summed E-state index contributed by atoms with van der Waals surface area (Å²) >= 11 is 3.19. The lowest BCUT2D eigenvalue weighted by molar-refractivity contribution is 0.629. The molecule has 1 heterocycles. The van der Waals surface area contributed by atoms with Crippen molar-refractivity contribution in [1.82, 2.24) is 9.97 Å². The number of halogens is 2. The highest BCUT2D eigenvalue weighted by atomic mass is 79.9. The summed E-state index contributed by atoms with van der Waals surface area (Å²) in [5.74, 6) is -0.262. The fourth-order valence-electron chi connectivity index (χ4n) is 1.22. The Kier molecular flexibility index (Phi) is 2.00. The zero-order valence-electron chi connectivity index (χ0n) is 6.88. The van der Waals surface area contributed by atoms with E-state index in [0.717, 1.165) is 16.6 Å². The van der Waals surface area contributed by atoms with Gasteiger partial charge in [-0.05, 0) is 41.1 Å². The summed E-state index contributed by atoms with van der Waals surface area (Å²) in [6.45, 7) is 1.83. The SMILES string of the molecule is Cc1nc(Br)nc2ccc(F)cc12. The lowest BCUT2D eigenvalue weighted by atomic mass is 10.2. The van der Waals surface area contributed by atoms with Gasteiger partial charge in [0.2, 0.25) is 0 Å². The molecule has 0 aliphatic rings. The fraction of sp³-hybridized carbons (Fsp3) is 0.111. The molecule has 0 aliphatic carbocycles. The van der Waals surface area contributed by atoms with Gasteiger partial charge in [-0.1, -0.05) is 0 Å². The van der Waals surface area contributed by atoms with E-state index in [1.54, 1.807) is 6.07 Å². The monoisotopic (exact) mass is 240 g/mol. The van der Waals surface area contributed by atoms with E-state index in [1.165, 1.54) is 12.1 Å². The van der Waals surface area contributed by atoms with Crippen molar-refractivity contribution in [2.24, 2.45) is 0 Å². The number of rotatable bonds is 0. The van der Waals surface area contributed by atoms with Crippen LogP contribution in [0.3, 0.4) is 0 Å². The first kappa shape index (κ1) is 8.56. The molecule has 2 aromatic rings. The van der Waals surface area contributed by atoms with Gasteiger partial charge >= 0.3 is 0 Å². The minimum atomic E-state index is -0.262. The van der Waals surface area contributed by atoms with Gasteiger partial charge in [0.1, 0.15) is 5.82 Å². The van der Waals surface area contributed by atoms with E-state index >= 15 is 0 Å². The molecule has 2 rings (SSSR count). The van der Waals surface area contributed by atoms with Crippen molar-refractivity contribution in [3.63, 3.8) is 0 Å². The molecule has 0 aliphatic heterocycles. The van der Waals surface area contributed by atoms with E-state index in [9.17, 15) is 4.39 Å². The lowest BCUT2D eigenvalue weighted by Crippen LogP contribution is -1.90. The largest absolute Gasteiger partial charge is 0.227 e. The van der Waals surface area contributed by atoms with Crippen LogP contribution in [0.25, 0.3) is 10.9 Å².